The second-order valence-corrected chi connectivity index (χ2v) is 6.68. The monoisotopic (exact) mass is 369 g/mol. The third-order valence-corrected chi connectivity index (χ3v) is 4.86. The highest BCUT2D eigenvalue weighted by Gasteiger charge is 2.40. The molecule has 2 N–H and O–H groups in total. The van der Waals surface area contributed by atoms with Crippen molar-refractivity contribution in [1.82, 2.24) is 5.32 Å². The van der Waals surface area contributed by atoms with E-state index in [9.17, 15) is 14.7 Å². The highest BCUT2D eigenvalue weighted by molar-refractivity contribution is 5.94. The largest absolute Gasteiger partial charge is 0.489 e. The van der Waals surface area contributed by atoms with E-state index in [4.69, 9.17) is 9.47 Å². The van der Waals surface area contributed by atoms with Crippen molar-refractivity contribution in [3.05, 3.63) is 65.7 Å². The van der Waals surface area contributed by atoms with Gasteiger partial charge in [0.05, 0.1) is 5.41 Å². The Morgan fingerprint density at radius 2 is 1.70 bits per heavy atom. The van der Waals surface area contributed by atoms with Crippen LogP contribution in [0.1, 0.15) is 28.8 Å². The van der Waals surface area contributed by atoms with Crippen LogP contribution in [0, 0.1) is 5.41 Å². The average Bonchev–Trinajstić information content (AvgIpc) is 2.72. The molecule has 0 aliphatic carbocycles. The van der Waals surface area contributed by atoms with Crippen LogP contribution in [-0.4, -0.2) is 36.7 Å². The smallest absolute Gasteiger partial charge is 0.311 e. The van der Waals surface area contributed by atoms with Crippen molar-refractivity contribution in [2.75, 3.05) is 19.8 Å². The molecule has 142 valence electrons. The van der Waals surface area contributed by atoms with Gasteiger partial charge < -0.3 is 19.9 Å². The first-order chi connectivity index (χ1) is 13.1. The van der Waals surface area contributed by atoms with Crippen molar-refractivity contribution < 1.29 is 24.2 Å². The summed E-state index contributed by atoms with van der Waals surface area (Å²) in [7, 11) is 0. The maximum Gasteiger partial charge on any atom is 0.311 e. The first-order valence-corrected chi connectivity index (χ1v) is 8.95. The molecule has 6 heteroatoms. The van der Waals surface area contributed by atoms with Gasteiger partial charge in [0.2, 0.25) is 0 Å². The molecule has 6 nitrogen and oxygen atoms in total. The molecule has 0 spiro atoms. The van der Waals surface area contributed by atoms with Crippen LogP contribution in [0.3, 0.4) is 0 Å². The summed E-state index contributed by atoms with van der Waals surface area (Å²) < 4.78 is 10.9. The summed E-state index contributed by atoms with van der Waals surface area (Å²) in [6, 6.07) is 16.6. The molecule has 0 atom stereocenters. The Kier molecular flexibility index (Phi) is 6.08. The van der Waals surface area contributed by atoms with Gasteiger partial charge in [-0.1, -0.05) is 30.3 Å². The van der Waals surface area contributed by atoms with E-state index in [1.807, 2.05) is 42.5 Å². The van der Waals surface area contributed by atoms with Crippen molar-refractivity contribution in [2.45, 2.75) is 19.4 Å². The summed E-state index contributed by atoms with van der Waals surface area (Å²) in [6.45, 7) is 1.31. The Morgan fingerprint density at radius 1 is 1.04 bits per heavy atom. The van der Waals surface area contributed by atoms with Crippen LogP contribution in [0.5, 0.6) is 5.75 Å². The zero-order valence-electron chi connectivity index (χ0n) is 15.0. The van der Waals surface area contributed by atoms with E-state index in [0.717, 1.165) is 11.3 Å². The zero-order chi connectivity index (χ0) is 19.1. The van der Waals surface area contributed by atoms with Crippen LogP contribution in [0.2, 0.25) is 0 Å². The zero-order valence-corrected chi connectivity index (χ0v) is 15.0. The topological polar surface area (TPSA) is 84.9 Å². The van der Waals surface area contributed by atoms with Crippen LogP contribution in [-0.2, 0) is 16.1 Å². The standard InChI is InChI=1S/C21H23NO5/c23-19(22-15-21(20(24)25)10-12-26-13-11-21)17-8-6-16(7-9-17)14-27-18-4-2-1-3-5-18/h1-9H,10-15H2,(H,22,23)(H,24,25). The fraction of sp³-hybridized carbons (Fsp3) is 0.333. The molecule has 2 aromatic carbocycles. The minimum absolute atomic E-state index is 0.101. The SMILES string of the molecule is O=C(NCC1(C(=O)O)CCOCC1)c1ccc(COc2ccccc2)cc1. The maximum atomic E-state index is 12.4. The number of hydrogen-bond acceptors (Lipinski definition) is 4. The molecule has 1 aliphatic rings. The van der Waals surface area contributed by atoms with Gasteiger partial charge in [-0.2, -0.15) is 0 Å². The van der Waals surface area contributed by atoms with Gasteiger partial charge in [-0.05, 0) is 42.7 Å². The van der Waals surface area contributed by atoms with Gasteiger partial charge in [-0.15, -0.1) is 0 Å². The summed E-state index contributed by atoms with van der Waals surface area (Å²) in [6.07, 6.45) is 0.802. The lowest BCUT2D eigenvalue weighted by molar-refractivity contribution is -0.154. The molecule has 1 saturated heterocycles. The summed E-state index contributed by atoms with van der Waals surface area (Å²) >= 11 is 0. The van der Waals surface area contributed by atoms with Gasteiger partial charge in [-0.25, -0.2) is 0 Å². The summed E-state index contributed by atoms with van der Waals surface area (Å²) in [4.78, 5) is 24.0. The molecule has 1 heterocycles. The number of carboxylic acid groups (broad SMARTS) is 1. The minimum atomic E-state index is -0.947. The molecule has 0 unspecified atom stereocenters. The molecule has 0 saturated carbocycles. The van der Waals surface area contributed by atoms with Gasteiger partial charge in [0, 0.05) is 25.3 Å². The predicted octanol–water partition coefficient (Wildman–Crippen LogP) is 2.88. The number of hydrogen-bond donors (Lipinski definition) is 2. The normalized spacial score (nSPS) is 15.7. The van der Waals surface area contributed by atoms with E-state index in [2.05, 4.69) is 5.32 Å². The molecule has 0 aromatic heterocycles. The molecule has 0 radical (unpaired) electrons. The number of ether oxygens (including phenoxy) is 2. The van der Waals surface area contributed by atoms with Gasteiger partial charge in [0.1, 0.15) is 12.4 Å². The Bertz CT molecular complexity index is 767. The Labute approximate surface area is 158 Å². The van der Waals surface area contributed by atoms with Gasteiger partial charge in [0.25, 0.3) is 5.91 Å². The number of carboxylic acids is 1. The molecular weight excluding hydrogens is 346 g/mol. The molecule has 0 bridgehead atoms. The molecule has 2 aromatic rings. The first-order valence-electron chi connectivity index (χ1n) is 8.95. The first kappa shape index (κ1) is 18.9. The molecule has 1 amide bonds. The van der Waals surface area contributed by atoms with Gasteiger partial charge >= 0.3 is 5.97 Å². The second-order valence-electron chi connectivity index (χ2n) is 6.68. The summed E-state index contributed by atoms with van der Waals surface area (Å²) in [5.74, 6) is -0.382. The average molecular weight is 369 g/mol. The fourth-order valence-corrected chi connectivity index (χ4v) is 3.02. The van der Waals surface area contributed by atoms with Crippen LogP contribution >= 0.6 is 0 Å². The Morgan fingerprint density at radius 3 is 2.33 bits per heavy atom. The number of para-hydroxylation sites is 1. The van der Waals surface area contributed by atoms with E-state index in [-0.39, 0.29) is 12.5 Å². The summed E-state index contributed by atoms with van der Waals surface area (Å²) in [5, 5.41) is 12.3. The number of rotatable bonds is 7. The minimum Gasteiger partial charge on any atom is -0.489 e. The maximum absolute atomic E-state index is 12.4. The predicted molar refractivity (Wildman–Crippen MR) is 99.7 cm³/mol. The molecule has 1 aliphatic heterocycles. The van der Waals surface area contributed by atoms with E-state index in [0.29, 0.717) is 38.2 Å². The highest BCUT2D eigenvalue weighted by atomic mass is 16.5. The van der Waals surface area contributed by atoms with E-state index >= 15 is 0 Å². The number of carbonyl (C=O) groups is 2. The van der Waals surface area contributed by atoms with Crippen molar-refractivity contribution in [3.8, 4) is 5.75 Å². The lowest BCUT2D eigenvalue weighted by Crippen LogP contribution is -2.46. The number of benzene rings is 2. The number of nitrogens with one attached hydrogen (secondary N) is 1. The lowest BCUT2D eigenvalue weighted by atomic mass is 9.80. The van der Waals surface area contributed by atoms with E-state index < -0.39 is 11.4 Å². The van der Waals surface area contributed by atoms with Crippen LogP contribution in [0.25, 0.3) is 0 Å². The van der Waals surface area contributed by atoms with Crippen LogP contribution in [0.4, 0.5) is 0 Å². The Balaban J connectivity index is 1.54. The van der Waals surface area contributed by atoms with Gasteiger partial charge in [-0.3, -0.25) is 9.59 Å². The molecular formula is C21H23NO5. The van der Waals surface area contributed by atoms with Gasteiger partial charge in [0.15, 0.2) is 0 Å². The lowest BCUT2D eigenvalue weighted by Gasteiger charge is -2.33. The van der Waals surface area contributed by atoms with E-state index in [1.54, 1.807) is 12.1 Å². The number of carbonyl (C=O) groups excluding carboxylic acids is 1. The van der Waals surface area contributed by atoms with Crippen molar-refractivity contribution in [2.24, 2.45) is 5.41 Å². The van der Waals surface area contributed by atoms with Crippen LogP contribution in [0.15, 0.2) is 54.6 Å². The van der Waals surface area contributed by atoms with Crippen LogP contribution < -0.4 is 10.1 Å². The second kappa shape index (κ2) is 8.68. The van der Waals surface area contributed by atoms with E-state index in [1.165, 1.54) is 0 Å². The molecule has 3 rings (SSSR count). The summed E-state index contributed by atoms with van der Waals surface area (Å²) in [5.41, 5.74) is 0.491. The fourth-order valence-electron chi connectivity index (χ4n) is 3.02. The van der Waals surface area contributed by atoms with Crippen molar-refractivity contribution in [3.63, 3.8) is 0 Å². The quantitative estimate of drug-likeness (QED) is 0.784. The van der Waals surface area contributed by atoms with Crippen molar-refractivity contribution in [1.29, 1.82) is 0 Å². The molecule has 27 heavy (non-hydrogen) atoms. The Hall–Kier alpha value is -2.86. The number of aliphatic carboxylic acids is 1. The third kappa shape index (κ3) is 4.86. The van der Waals surface area contributed by atoms with Crippen molar-refractivity contribution >= 4 is 11.9 Å². The third-order valence-electron chi connectivity index (χ3n) is 4.86. The number of amides is 1. The molecule has 1 fully saturated rings. The highest BCUT2D eigenvalue weighted by Crippen LogP contribution is 2.30.